The largest absolute Gasteiger partial charge is 0.357 e. The van der Waals surface area contributed by atoms with Crippen LogP contribution in [0.15, 0.2) is 36.5 Å². The molecule has 4 N–H and O–H groups in total. The van der Waals surface area contributed by atoms with E-state index in [1.807, 2.05) is 46.9 Å². The lowest BCUT2D eigenvalue weighted by molar-refractivity contribution is -0.122. The Morgan fingerprint density at radius 1 is 1.24 bits per heavy atom. The lowest BCUT2D eigenvalue weighted by Crippen LogP contribution is -2.54. The van der Waals surface area contributed by atoms with E-state index in [0.717, 1.165) is 73.0 Å². The summed E-state index contributed by atoms with van der Waals surface area (Å²) in [5.41, 5.74) is 11.0. The molecular formula is C25H32N8O. The van der Waals surface area contributed by atoms with Crippen molar-refractivity contribution in [3.63, 3.8) is 0 Å². The summed E-state index contributed by atoms with van der Waals surface area (Å²) in [6.45, 7) is 4.67. The molecule has 0 bridgehead atoms. The van der Waals surface area contributed by atoms with Crippen LogP contribution in [0.3, 0.4) is 0 Å². The van der Waals surface area contributed by atoms with Crippen LogP contribution >= 0.6 is 0 Å². The first-order valence-electron chi connectivity index (χ1n) is 12.2. The van der Waals surface area contributed by atoms with E-state index < -0.39 is 0 Å². The van der Waals surface area contributed by atoms with Crippen LogP contribution in [0.25, 0.3) is 5.65 Å². The number of hydrogen-bond donors (Lipinski definition) is 3. The van der Waals surface area contributed by atoms with Gasteiger partial charge >= 0.3 is 0 Å². The molecule has 2 fully saturated rings. The summed E-state index contributed by atoms with van der Waals surface area (Å²) >= 11 is 0. The predicted molar refractivity (Wildman–Crippen MR) is 134 cm³/mol. The number of nitrogens with zero attached hydrogens (tertiary/aromatic N) is 5. The number of anilines is 3. The van der Waals surface area contributed by atoms with Crippen LogP contribution in [0.4, 0.5) is 17.2 Å². The van der Waals surface area contributed by atoms with Gasteiger partial charge in [-0.1, -0.05) is 12.1 Å². The Labute approximate surface area is 199 Å². The third-order valence-corrected chi connectivity index (χ3v) is 7.53. The molecule has 6 rings (SSSR count). The number of carbonyl (C=O) groups is 1. The van der Waals surface area contributed by atoms with Crippen molar-refractivity contribution >= 4 is 28.6 Å². The maximum absolute atomic E-state index is 13.8. The van der Waals surface area contributed by atoms with Crippen molar-refractivity contribution in [2.45, 2.75) is 50.4 Å². The van der Waals surface area contributed by atoms with E-state index in [4.69, 9.17) is 15.8 Å². The third kappa shape index (κ3) is 3.50. The summed E-state index contributed by atoms with van der Waals surface area (Å²) in [4.78, 5) is 23.0. The Hall–Kier alpha value is -3.17. The second-order valence-corrected chi connectivity index (χ2v) is 9.87. The van der Waals surface area contributed by atoms with Gasteiger partial charge in [0.2, 0.25) is 0 Å². The maximum Gasteiger partial charge on any atom is 0.193 e. The molecule has 1 aromatic carbocycles. The number of para-hydroxylation sites is 2. The zero-order valence-corrected chi connectivity index (χ0v) is 19.7. The van der Waals surface area contributed by atoms with E-state index in [9.17, 15) is 4.79 Å². The fourth-order valence-electron chi connectivity index (χ4n) is 5.72. The lowest BCUT2D eigenvalue weighted by Gasteiger charge is -2.33. The minimum Gasteiger partial charge on any atom is -0.357 e. The molecule has 0 amide bonds. The normalized spacial score (nSPS) is 26.7. The molecule has 0 radical (unpaired) electrons. The van der Waals surface area contributed by atoms with Crippen LogP contribution in [0.5, 0.6) is 0 Å². The van der Waals surface area contributed by atoms with Gasteiger partial charge in [-0.05, 0) is 44.9 Å². The predicted octanol–water partition coefficient (Wildman–Crippen LogP) is 1.87. The summed E-state index contributed by atoms with van der Waals surface area (Å²) < 4.78 is 1.86. The second-order valence-electron chi connectivity index (χ2n) is 9.87. The Morgan fingerprint density at radius 2 is 2.09 bits per heavy atom. The van der Waals surface area contributed by atoms with E-state index >= 15 is 0 Å². The van der Waals surface area contributed by atoms with Crippen LogP contribution < -0.4 is 26.2 Å². The fourth-order valence-corrected chi connectivity index (χ4v) is 5.72. The van der Waals surface area contributed by atoms with Crippen molar-refractivity contribution in [3.8, 4) is 0 Å². The van der Waals surface area contributed by atoms with Crippen LogP contribution in [0, 0.1) is 6.92 Å². The van der Waals surface area contributed by atoms with Gasteiger partial charge in [0.25, 0.3) is 0 Å². The molecule has 3 aliphatic heterocycles. The van der Waals surface area contributed by atoms with Crippen molar-refractivity contribution in [1.29, 1.82) is 0 Å². The Morgan fingerprint density at radius 3 is 2.88 bits per heavy atom. The molecule has 3 aromatic rings. The summed E-state index contributed by atoms with van der Waals surface area (Å²) in [7, 11) is 1.97. The first-order valence-corrected chi connectivity index (χ1v) is 12.2. The molecule has 2 aromatic heterocycles. The summed E-state index contributed by atoms with van der Waals surface area (Å²) in [6.07, 6.45) is 4.57. The Kier molecular flexibility index (Phi) is 5.18. The number of piperidine rings is 1. The Balaban J connectivity index is 1.29. The molecule has 9 nitrogen and oxygen atoms in total. The molecule has 4 atom stereocenters. The number of benzene rings is 1. The van der Waals surface area contributed by atoms with E-state index in [2.05, 4.69) is 28.5 Å². The van der Waals surface area contributed by atoms with Gasteiger partial charge in [-0.25, -0.2) is 9.50 Å². The third-order valence-electron chi connectivity index (χ3n) is 7.53. The van der Waals surface area contributed by atoms with Crippen LogP contribution in [-0.4, -0.2) is 65.3 Å². The highest BCUT2D eigenvalue weighted by Crippen LogP contribution is 2.36. The van der Waals surface area contributed by atoms with Crippen molar-refractivity contribution in [2.24, 2.45) is 5.73 Å². The number of ketones is 1. The molecule has 34 heavy (non-hydrogen) atoms. The number of fused-ring (bicyclic) bond motifs is 2. The average molecular weight is 461 g/mol. The number of rotatable bonds is 4. The van der Waals surface area contributed by atoms with E-state index in [0.29, 0.717) is 0 Å². The molecule has 178 valence electrons. The van der Waals surface area contributed by atoms with Crippen molar-refractivity contribution in [1.82, 2.24) is 19.9 Å². The lowest BCUT2D eigenvalue weighted by atomic mass is 9.85. The number of aromatic nitrogens is 3. The minimum absolute atomic E-state index is 0.00540. The minimum atomic E-state index is -0.390. The first-order chi connectivity index (χ1) is 16.5. The molecule has 3 aliphatic rings. The average Bonchev–Trinajstić information content (AvgIpc) is 3.55. The van der Waals surface area contributed by atoms with E-state index in [-0.39, 0.29) is 30.0 Å². The van der Waals surface area contributed by atoms with Crippen molar-refractivity contribution in [3.05, 3.63) is 47.8 Å². The number of aryl methyl sites for hydroxylation is 1. The molecule has 0 saturated carbocycles. The SMILES string of the molecule is Cc1cn2nc([C@@H]3CCCNC3C(=O)C3Nc4ccccc4N3C)cc2nc1N1CC[C@H](N)C1. The van der Waals surface area contributed by atoms with Gasteiger partial charge in [0.05, 0.1) is 23.1 Å². The standard InChI is InChI=1S/C25H32N8O/c1-15-13-33-21(29-24(15)32-11-9-16(26)14-32)12-19(30-33)17-6-5-10-27-22(17)23(34)25-28-18-7-3-4-8-20(18)31(25)2/h3-4,7-8,12-13,16-17,22,25,27-28H,5-6,9-11,14,26H2,1-2H3/t16-,17-,22?,25?/m0/s1. The van der Waals surface area contributed by atoms with Gasteiger partial charge in [-0.15, -0.1) is 0 Å². The van der Waals surface area contributed by atoms with Crippen LogP contribution in [0.1, 0.15) is 36.4 Å². The highest BCUT2D eigenvalue weighted by atomic mass is 16.1. The fraction of sp³-hybridized carbons (Fsp3) is 0.480. The Bertz CT molecular complexity index is 1240. The van der Waals surface area contributed by atoms with Crippen LogP contribution in [-0.2, 0) is 4.79 Å². The number of carbonyl (C=O) groups excluding carboxylic acids is 1. The quantitative estimate of drug-likeness (QED) is 0.542. The van der Waals surface area contributed by atoms with Gasteiger partial charge < -0.3 is 26.2 Å². The van der Waals surface area contributed by atoms with Gasteiger partial charge in [0.15, 0.2) is 17.6 Å². The van der Waals surface area contributed by atoms with Crippen molar-refractivity contribution in [2.75, 3.05) is 41.8 Å². The summed E-state index contributed by atoms with van der Waals surface area (Å²) in [5, 5.41) is 11.8. The molecule has 0 aliphatic carbocycles. The van der Waals surface area contributed by atoms with Gasteiger partial charge in [-0.2, -0.15) is 5.10 Å². The molecule has 0 spiro atoms. The summed E-state index contributed by atoms with van der Waals surface area (Å²) in [5.74, 6) is 1.14. The van der Waals surface area contributed by atoms with E-state index in [1.54, 1.807) is 0 Å². The molecule has 5 heterocycles. The maximum atomic E-state index is 13.8. The summed E-state index contributed by atoms with van der Waals surface area (Å²) in [6, 6.07) is 10.0. The molecule has 2 unspecified atom stereocenters. The monoisotopic (exact) mass is 460 g/mol. The van der Waals surface area contributed by atoms with Crippen molar-refractivity contribution < 1.29 is 4.79 Å². The number of Topliss-reactive ketones (excluding diaryl/α,β-unsaturated/α-hetero) is 1. The second kappa shape index (κ2) is 8.25. The molecule has 2 saturated heterocycles. The highest BCUT2D eigenvalue weighted by molar-refractivity contribution is 5.98. The zero-order valence-electron chi connectivity index (χ0n) is 19.7. The van der Waals surface area contributed by atoms with E-state index in [1.165, 1.54) is 0 Å². The molecular weight excluding hydrogens is 428 g/mol. The number of nitrogens with one attached hydrogen (secondary N) is 2. The van der Waals surface area contributed by atoms with Gasteiger partial charge in [-0.3, -0.25) is 4.79 Å². The first kappa shape index (κ1) is 21.4. The van der Waals surface area contributed by atoms with Gasteiger partial charge in [0, 0.05) is 49.9 Å². The number of likely N-dealkylation sites (N-methyl/N-ethyl adjacent to an activating group) is 1. The van der Waals surface area contributed by atoms with Crippen LogP contribution in [0.2, 0.25) is 0 Å². The molecule has 9 heteroatoms. The number of nitrogens with two attached hydrogens (primary N) is 1. The number of hydrogen-bond acceptors (Lipinski definition) is 8. The topological polar surface area (TPSA) is 104 Å². The van der Waals surface area contributed by atoms with Gasteiger partial charge in [0.1, 0.15) is 5.82 Å². The zero-order chi connectivity index (χ0) is 23.4. The highest BCUT2D eigenvalue weighted by Gasteiger charge is 2.41. The smallest absolute Gasteiger partial charge is 0.193 e.